The Balaban J connectivity index is 2.38. The van der Waals surface area contributed by atoms with Gasteiger partial charge in [0.1, 0.15) is 5.65 Å². The maximum absolute atomic E-state index is 5.58. The predicted octanol–water partition coefficient (Wildman–Crippen LogP) is 2.30. The van der Waals surface area contributed by atoms with Crippen LogP contribution in [0.5, 0.6) is 0 Å². The van der Waals surface area contributed by atoms with Crippen molar-refractivity contribution in [2.75, 3.05) is 6.54 Å². The summed E-state index contributed by atoms with van der Waals surface area (Å²) in [6.07, 6.45) is 2.92. The summed E-state index contributed by atoms with van der Waals surface area (Å²) in [6, 6.07) is 10.5. The second kappa shape index (κ2) is 3.86. The number of benzene rings is 1. The van der Waals surface area contributed by atoms with Gasteiger partial charge in [-0.05, 0) is 31.2 Å². The number of aryl methyl sites for hydroxylation is 1. The molecule has 3 rings (SSSR count). The molecule has 0 saturated carbocycles. The second-order valence-electron chi connectivity index (χ2n) is 4.34. The third-order valence-corrected chi connectivity index (χ3v) is 3.12. The molecular weight excluding hydrogens is 210 g/mol. The Morgan fingerprint density at radius 2 is 2.12 bits per heavy atom. The summed E-state index contributed by atoms with van der Waals surface area (Å²) in [5, 5.41) is 1.27. The minimum Gasteiger partial charge on any atom is -0.330 e. The lowest BCUT2D eigenvalue weighted by molar-refractivity contribution is 0.937. The Kier molecular flexibility index (Phi) is 2.34. The molecule has 2 heterocycles. The van der Waals surface area contributed by atoms with Crippen molar-refractivity contribution < 1.29 is 0 Å². The molecule has 86 valence electrons. The van der Waals surface area contributed by atoms with Crippen molar-refractivity contribution in [3.63, 3.8) is 0 Å². The molecule has 17 heavy (non-hydrogen) atoms. The Labute approximate surface area is 99.9 Å². The van der Waals surface area contributed by atoms with E-state index in [0.29, 0.717) is 6.54 Å². The zero-order valence-electron chi connectivity index (χ0n) is 9.85. The molecule has 0 unspecified atom stereocenters. The summed E-state index contributed by atoms with van der Waals surface area (Å²) in [7, 11) is 0. The summed E-state index contributed by atoms with van der Waals surface area (Å²) in [5.41, 5.74) is 10.1. The lowest BCUT2D eigenvalue weighted by Gasteiger charge is -2.04. The van der Waals surface area contributed by atoms with Crippen LogP contribution in [0.25, 0.3) is 16.6 Å². The first-order chi connectivity index (χ1) is 8.29. The number of hydrogen-bond donors (Lipinski definition) is 1. The van der Waals surface area contributed by atoms with Crippen LogP contribution in [0.3, 0.4) is 0 Å². The third kappa shape index (κ3) is 1.59. The highest BCUT2D eigenvalue weighted by molar-refractivity contribution is 5.85. The fourth-order valence-electron chi connectivity index (χ4n) is 2.30. The molecule has 3 nitrogen and oxygen atoms in total. The predicted molar refractivity (Wildman–Crippen MR) is 70.2 cm³/mol. The quantitative estimate of drug-likeness (QED) is 0.727. The summed E-state index contributed by atoms with van der Waals surface area (Å²) < 4.78 is 2.15. The smallest absolute Gasteiger partial charge is 0.137 e. The van der Waals surface area contributed by atoms with E-state index in [1.54, 1.807) is 0 Å². The van der Waals surface area contributed by atoms with Gasteiger partial charge in [-0.25, -0.2) is 4.98 Å². The topological polar surface area (TPSA) is 43.3 Å². The van der Waals surface area contributed by atoms with Crippen molar-refractivity contribution in [1.82, 2.24) is 9.38 Å². The van der Waals surface area contributed by atoms with Crippen LogP contribution in [-0.2, 0) is 6.42 Å². The standard InChI is InChI=1S/C14H15N3/c1-10-8-14-16-11(6-7-15)9-17(14)13-5-3-2-4-12(10)13/h2-5,8-9H,6-7,15H2,1H3. The molecule has 2 aromatic heterocycles. The minimum absolute atomic E-state index is 0.640. The Hall–Kier alpha value is -1.87. The molecule has 0 aliphatic rings. The van der Waals surface area contributed by atoms with Gasteiger partial charge in [0.15, 0.2) is 0 Å². The van der Waals surface area contributed by atoms with Crippen LogP contribution in [0.1, 0.15) is 11.3 Å². The number of fused-ring (bicyclic) bond motifs is 3. The number of hydrogen-bond acceptors (Lipinski definition) is 2. The number of pyridine rings is 1. The van der Waals surface area contributed by atoms with E-state index in [2.05, 4.69) is 52.8 Å². The molecule has 0 radical (unpaired) electrons. The Morgan fingerprint density at radius 3 is 2.94 bits per heavy atom. The van der Waals surface area contributed by atoms with Crippen molar-refractivity contribution in [2.45, 2.75) is 13.3 Å². The van der Waals surface area contributed by atoms with Crippen LogP contribution in [0, 0.1) is 6.92 Å². The van der Waals surface area contributed by atoms with Gasteiger partial charge in [0.2, 0.25) is 0 Å². The normalized spacial score (nSPS) is 11.4. The van der Waals surface area contributed by atoms with E-state index >= 15 is 0 Å². The lowest BCUT2D eigenvalue weighted by Crippen LogP contribution is -2.02. The SMILES string of the molecule is Cc1cc2nc(CCN)cn2c2ccccc12. The number of para-hydroxylation sites is 1. The van der Waals surface area contributed by atoms with E-state index in [4.69, 9.17) is 5.73 Å². The van der Waals surface area contributed by atoms with Crippen LogP contribution >= 0.6 is 0 Å². The van der Waals surface area contributed by atoms with Gasteiger partial charge in [-0.2, -0.15) is 0 Å². The first-order valence-corrected chi connectivity index (χ1v) is 5.86. The van der Waals surface area contributed by atoms with Gasteiger partial charge < -0.3 is 5.73 Å². The molecule has 1 aromatic carbocycles. The maximum atomic E-state index is 5.58. The largest absolute Gasteiger partial charge is 0.330 e. The molecule has 0 atom stereocenters. The molecular formula is C14H15N3. The summed E-state index contributed by atoms with van der Waals surface area (Å²) in [5.74, 6) is 0. The highest BCUT2D eigenvalue weighted by atomic mass is 15.0. The van der Waals surface area contributed by atoms with Gasteiger partial charge in [0, 0.05) is 18.0 Å². The van der Waals surface area contributed by atoms with Crippen molar-refractivity contribution in [1.29, 1.82) is 0 Å². The minimum atomic E-state index is 0.640. The van der Waals surface area contributed by atoms with Gasteiger partial charge in [0.25, 0.3) is 0 Å². The van der Waals surface area contributed by atoms with E-state index in [1.807, 2.05) is 0 Å². The van der Waals surface area contributed by atoms with Crippen molar-refractivity contribution >= 4 is 16.6 Å². The van der Waals surface area contributed by atoms with E-state index in [-0.39, 0.29) is 0 Å². The molecule has 2 N–H and O–H groups in total. The molecule has 0 saturated heterocycles. The van der Waals surface area contributed by atoms with Crippen molar-refractivity contribution in [3.8, 4) is 0 Å². The summed E-state index contributed by atoms with van der Waals surface area (Å²) in [4.78, 5) is 4.60. The van der Waals surface area contributed by atoms with Gasteiger partial charge >= 0.3 is 0 Å². The highest BCUT2D eigenvalue weighted by Crippen LogP contribution is 2.21. The average Bonchev–Trinajstić information content (AvgIpc) is 2.73. The number of aromatic nitrogens is 2. The first kappa shape index (κ1) is 10.3. The van der Waals surface area contributed by atoms with E-state index < -0.39 is 0 Å². The average molecular weight is 225 g/mol. The monoisotopic (exact) mass is 225 g/mol. The summed E-state index contributed by atoms with van der Waals surface area (Å²) in [6.45, 7) is 2.76. The van der Waals surface area contributed by atoms with Crippen LogP contribution < -0.4 is 5.73 Å². The fraction of sp³-hybridized carbons (Fsp3) is 0.214. The Morgan fingerprint density at radius 1 is 1.29 bits per heavy atom. The number of rotatable bonds is 2. The molecule has 0 amide bonds. The molecule has 0 fully saturated rings. The third-order valence-electron chi connectivity index (χ3n) is 3.12. The van der Waals surface area contributed by atoms with Crippen molar-refractivity contribution in [2.24, 2.45) is 5.73 Å². The zero-order valence-corrected chi connectivity index (χ0v) is 9.85. The molecule has 0 aliphatic heterocycles. The van der Waals surface area contributed by atoms with E-state index in [9.17, 15) is 0 Å². The van der Waals surface area contributed by atoms with Gasteiger partial charge in [0.05, 0.1) is 11.2 Å². The van der Waals surface area contributed by atoms with Crippen LogP contribution in [0.2, 0.25) is 0 Å². The van der Waals surface area contributed by atoms with Crippen LogP contribution in [0.15, 0.2) is 36.5 Å². The number of imidazole rings is 1. The number of nitrogens with two attached hydrogens (primary N) is 1. The van der Waals surface area contributed by atoms with Crippen molar-refractivity contribution in [3.05, 3.63) is 47.8 Å². The van der Waals surface area contributed by atoms with Gasteiger partial charge in [-0.1, -0.05) is 18.2 Å². The maximum Gasteiger partial charge on any atom is 0.137 e. The summed E-state index contributed by atoms with van der Waals surface area (Å²) >= 11 is 0. The molecule has 3 aromatic rings. The molecule has 0 spiro atoms. The van der Waals surface area contributed by atoms with Crippen LogP contribution in [0.4, 0.5) is 0 Å². The molecule has 0 bridgehead atoms. The number of nitrogens with zero attached hydrogens (tertiary/aromatic N) is 2. The zero-order chi connectivity index (χ0) is 11.8. The van der Waals surface area contributed by atoms with Gasteiger partial charge in [-0.3, -0.25) is 4.40 Å². The molecule has 3 heteroatoms. The van der Waals surface area contributed by atoms with E-state index in [0.717, 1.165) is 17.8 Å². The highest BCUT2D eigenvalue weighted by Gasteiger charge is 2.06. The second-order valence-corrected chi connectivity index (χ2v) is 4.34. The van der Waals surface area contributed by atoms with Crippen LogP contribution in [-0.4, -0.2) is 15.9 Å². The lowest BCUT2D eigenvalue weighted by atomic mass is 10.1. The van der Waals surface area contributed by atoms with Gasteiger partial charge in [-0.15, -0.1) is 0 Å². The molecule has 0 aliphatic carbocycles. The Bertz CT molecular complexity index is 682. The fourth-order valence-corrected chi connectivity index (χ4v) is 2.30. The van der Waals surface area contributed by atoms with E-state index in [1.165, 1.54) is 16.5 Å². The first-order valence-electron chi connectivity index (χ1n) is 5.86.